The molecule has 1 aliphatic heterocycles. The monoisotopic (exact) mass is 1810 g/mol. The molecule has 23 nitrogen and oxygen atoms in total. The van der Waals surface area contributed by atoms with Crippen LogP contribution in [0.25, 0.3) is 34.4 Å². The highest BCUT2D eigenvalue weighted by atomic mass is 79.9. The minimum absolute atomic E-state index is 0. The van der Waals surface area contributed by atoms with E-state index in [1.165, 1.54) is 66.3 Å². The number of nitrogens with zero attached hydrogens (tertiary/aromatic N) is 7. The van der Waals surface area contributed by atoms with Crippen LogP contribution >= 0.6 is 69.1 Å². The average molecular weight is 1810 g/mol. The second-order valence-electron chi connectivity index (χ2n) is 26.5. The van der Waals surface area contributed by atoms with Crippen LogP contribution < -0.4 is 42.2 Å². The lowest BCUT2D eigenvalue weighted by molar-refractivity contribution is -0.659. The Morgan fingerprint density at radius 3 is 1.93 bits per heavy atom. The standard InChI is InChI=1S/C25H22N2OS.C19H19N3O3S.C18H20ClNO5.C16H12Cl3NO3.C13H12N4.BrH/c1-18-8-10-22(11-9-18)24-17-29-25(27(24)16-20-6-4-3-5-7-20)26-23-14-12-21(13-15-23)19(2)28;23-18(20-8-5-11-22-9-1-2-10-22)16(14-15-6-4-13-26-15)21-19(24)17-7-3-12-25-17;1-23-9-8-20-10-13(17(21)24-2)16(14(11-20)18(22)25-3)12-6-4-5-7-15(12)19;17-11-6-13(19)15(7-12(11)18)22-9-16(21)23-8-14(20)10-4-2-1-3-5-10;1-9-8-12(11-6-4-3-5-7-11)17-13(14-9)15-10(2)16-17;/h3-15,17H,16H2,1-2H3;1-4,6-7,9-10,12-14H,5,8,11H2,(H,20,23)(H,21,24);4-7,10-11,16H,8-9H2,1-3H3;1-7,20H,8-9H2;3-8H,1-2H3;1H/b;16-14-;;;;. The van der Waals surface area contributed by atoms with E-state index in [0.717, 1.165) is 63.5 Å². The molecule has 7 heterocycles. The molecule has 0 unspecified atom stereocenters. The molecule has 0 atom stereocenters. The number of carbonyl (C=O) groups is 6. The average Bonchev–Trinajstić information content (AvgIpc) is 1.45. The molecule has 0 radical (unpaired) electrons. The van der Waals surface area contributed by atoms with E-state index in [-0.39, 0.29) is 74.8 Å². The summed E-state index contributed by atoms with van der Waals surface area (Å²) in [6.45, 7) is 10.0. The lowest BCUT2D eigenvalue weighted by atomic mass is 9.83. The van der Waals surface area contributed by atoms with Gasteiger partial charge in [0.05, 0.1) is 70.6 Å². The Morgan fingerprint density at radius 1 is 0.653 bits per heavy atom. The van der Waals surface area contributed by atoms with Crippen LogP contribution in [0.2, 0.25) is 20.1 Å². The van der Waals surface area contributed by atoms with Gasteiger partial charge in [-0.3, -0.25) is 14.4 Å². The molecular weight excluding hydrogens is 1720 g/mol. The number of benzene rings is 7. The third-order valence-corrected chi connectivity index (χ3v) is 20.9. The van der Waals surface area contributed by atoms with Gasteiger partial charge in [0.25, 0.3) is 17.6 Å². The van der Waals surface area contributed by atoms with E-state index < -0.39 is 29.7 Å². The van der Waals surface area contributed by atoms with Crippen LogP contribution in [-0.2, 0) is 51.2 Å². The number of ether oxygens (including phenoxy) is 5. The second kappa shape index (κ2) is 47.0. The molecule has 30 heteroatoms. The Labute approximate surface area is 739 Å². The summed E-state index contributed by atoms with van der Waals surface area (Å²) in [4.78, 5) is 83.9. The number of hydrogen-bond donors (Lipinski definition) is 4. The van der Waals surface area contributed by atoms with Crippen molar-refractivity contribution in [2.75, 3.05) is 59.6 Å². The first-order chi connectivity index (χ1) is 58.1. The van der Waals surface area contributed by atoms with Gasteiger partial charge >= 0.3 is 23.0 Å². The third-order valence-electron chi connectivity index (χ3n) is 17.8. The molecule has 0 spiro atoms. The number of carbonyl (C=O) groups excluding carboxylic acids is 6. The van der Waals surface area contributed by atoms with E-state index in [0.29, 0.717) is 57.8 Å². The predicted molar refractivity (Wildman–Crippen MR) is 470 cm³/mol. The van der Waals surface area contributed by atoms with Crippen molar-refractivity contribution in [2.24, 2.45) is 0 Å². The van der Waals surface area contributed by atoms with Crippen LogP contribution in [0.1, 0.15) is 78.8 Å². The van der Waals surface area contributed by atoms with Crippen LogP contribution in [0.15, 0.2) is 281 Å². The number of rotatable bonds is 27. The highest BCUT2D eigenvalue weighted by molar-refractivity contribution is 7.13. The largest absolute Gasteiger partial charge is 1.00 e. The Balaban J connectivity index is 0.000000173. The minimum atomic E-state index is -0.674. The first-order valence-corrected chi connectivity index (χ1v) is 40.7. The maximum absolute atomic E-state index is 12.5. The van der Waals surface area contributed by atoms with Crippen molar-refractivity contribution >= 4 is 133 Å². The number of furan rings is 1. The molecule has 4 N–H and O–H groups in total. The molecule has 0 saturated heterocycles. The molecule has 0 bridgehead atoms. The van der Waals surface area contributed by atoms with Crippen molar-refractivity contribution in [1.29, 1.82) is 5.41 Å². The number of fused-ring (bicyclic) bond motifs is 1. The molecule has 0 fully saturated rings. The van der Waals surface area contributed by atoms with Gasteiger partial charge in [-0.05, 0) is 135 Å². The fraction of sp³-hybridized carbons (Fsp3) is 0.176. The first-order valence-electron chi connectivity index (χ1n) is 37.5. The molecule has 0 aliphatic carbocycles. The normalized spacial score (nSPS) is 11.5. The van der Waals surface area contributed by atoms with Gasteiger partial charge in [-0.15, -0.1) is 16.4 Å². The number of ketones is 1. The van der Waals surface area contributed by atoms with Crippen LogP contribution in [-0.4, -0.2) is 125 Å². The number of hydrogen-bond acceptors (Lipinski definition) is 20. The summed E-state index contributed by atoms with van der Waals surface area (Å²) in [5, 5.41) is 27.6. The number of Topliss-reactive ketones (excluding diaryl/α,β-unsaturated/α-hetero) is 1. The fourth-order valence-corrected chi connectivity index (χ4v) is 14.2. The number of nitrogens with one attached hydrogen (secondary N) is 4. The van der Waals surface area contributed by atoms with Gasteiger partial charge < -0.3 is 70.6 Å². The van der Waals surface area contributed by atoms with Gasteiger partial charge in [0.15, 0.2) is 18.2 Å². The zero-order chi connectivity index (χ0) is 85.5. The molecule has 7 aromatic carbocycles. The van der Waals surface area contributed by atoms with Crippen LogP contribution in [0.5, 0.6) is 5.75 Å². The number of anilines is 2. The Hall–Kier alpha value is -12.1. The molecule has 1 aliphatic rings. The van der Waals surface area contributed by atoms with Crippen molar-refractivity contribution in [3.8, 4) is 28.3 Å². The smallest absolute Gasteiger partial charge is 0.344 e. The highest BCUT2D eigenvalue weighted by Gasteiger charge is 2.36. The summed E-state index contributed by atoms with van der Waals surface area (Å²) in [6, 6.07) is 68.7. The number of thiophene rings is 1. The van der Waals surface area contributed by atoms with Gasteiger partial charge in [-0.25, -0.2) is 29.3 Å². The van der Waals surface area contributed by atoms with E-state index in [1.807, 2.05) is 121 Å². The lowest BCUT2D eigenvalue weighted by Crippen LogP contribution is -3.00. The highest BCUT2D eigenvalue weighted by Crippen LogP contribution is 2.40. The van der Waals surface area contributed by atoms with Crippen molar-refractivity contribution < 1.29 is 78.4 Å². The van der Waals surface area contributed by atoms with Crippen LogP contribution in [0, 0.1) is 26.2 Å². The molecule has 624 valence electrons. The topological polar surface area (TPSA) is 277 Å². The SMILES string of the molecule is CC(=O)c1ccc(Nc2scc(-c3ccc(C)cc3)[n+]2Cc2ccccc2)cc1.COCCN1C=C(C(=O)OC)C(c2ccccc2Cl)C(C(=O)OC)=C1.Cc1cc(-c2ccccc2)n2nc(C)nc2n1.N=C(COC(=O)COc1cc(Cl)c(Cl)cc1Cl)c1ccccc1.O=C(NCCCn1cccc1)/C(=C/c1cccs1)NC(=O)c1ccco1.[Br-]. The molecule has 121 heavy (non-hydrogen) atoms. The van der Waals surface area contributed by atoms with Crippen molar-refractivity contribution in [3.05, 3.63) is 347 Å². The van der Waals surface area contributed by atoms with E-state index in [2.05, 4.69) is 109 Å². The van der Waals surface area contributed by atoms with Crippen LogP contribution in [0.4, 0.5) is 10.8 Å². The van der Waals surface area contributed by atoms with E-state index in [4.69, 9.17) is 79.9 Å². The number of aromatic nitrogens is 6. The maximum atomic E-state index is 12.5. The first kappa shape index (κ1) is 92.8. The Kier molecular flexibility index (Phi) is 36.1. The third kappa shape index (κ3) is 27.5. The number of methoxy groups -OCH3 is 3. The van der Waals surface area contributed by atoms with Gasteiger partial charge in [0, 0.05) is 95.3 Å². The summed E-state index contributed by atoms with van der Waals surface area (Å²) in [5.74, 6) is -1.30. The second-order valence-corrected chi connectivity index (χ2v) is 30.0. The quantitative estimate of drug-likeness (QED) is 0.00544. The zero-order valence-electron chi connectivity index (χ0n) is 66.9. The maximum Gasteiger partial charge on any atom is 0.344 e. The zero-order valence-corrected chi connectivity index (χ0v) is 73.1. The lowest BCUT2D eigenvalue weighted by Gasteiger charge is -2.30. The van der Waals surface area contributed by atoms with Gasteiger partial charge in [0.2, 0.25) is 0 Å². The van der Waals surface area contributed by atoms with Gasteiger partial charge in [0.1, 0.15) is 41.8 Å². The summed E-state index contributed by atoms with van der Waals surface area (Å²) < 4.78 is 36.3. The number of halogens is 5. The van der Waals surface area contributed by atoms with Crippen molar-refractivity contribution in [1.82, 2.24) is 39.7 Å². The predicted octanol–water partition coefficient (Wildman–Crippen LogP) is 15.7. The van der Waals surface area contributed by atoms with Gasteiger partial charge in [-0.1, -0.05) is 203 Å². The minimum Gasteiger partial charge on any atom is -1.00 e. The number of amides is 2. The summed E-state index contributed by atoms with van der Waals surface area (Å²) >= 11 is 27.1. The molecule has 14 rings (SSSR count). The van der Waals surface area contributed by atoms with E-state index in [9.17, 15) is 28.8 Å². The molecule has 13 aromatic rings. The summed E-state index contributed by atoms with van der Waals surface area (Å²) in [5.41, 5.74) is 12.0. The molecule has 6 aromatic heterocycles. The molecule has 2 amide bonds. The van der Waals surface area contributed by atoms with E-state index >= 15 is 0 Å². The molecule has 0 saturated carbocycles. The fourth-order valence-electron chi connectivity index (χ4n) is 11.8. The molecular formula is C91H86BrCl4N11O12S2. The van der Waals surface area contributed by atoms with Crippen molar-refractivity contribution in [2.45, 2.75) is 53.1 Å². The number of thiazole rings is 1. The van der Waals surface area contributed by atoms with Crippen LogP contribution in [0.3, 0.4) is 0 Å². The summed E-state index contributed by atoms with van der Waals surface area (Å²) in [6.07, 6.45) is 11.1. The van der Waals surface area contributed by atoms with E-state index in [1.54, 1.807) is 114 Å². The van der Waals surface area contributed by atoms with Gasteiger partial charge in [-0.2, -0.15) is 9.50 Å². The number of esters is 3. The summed E-state index contributed by atoms with van der Waals surface area (Å²) in [7, 11) is 4.16. The van der Waals surface area contributed by atoms with Crippen molar-refractivity contribution in [3.63, 3.8) is 0 Å². The Bertz CT molecular complexity index is 5670. The Morgan fingerprint density at radius 2 is 1.31 bits per heavy atom. The number of aryl methyl sites for hydroxylation is 4.